The number of likely N-dealkylation sites (tertiary alicyclic amines) is 1. The van der Waals surface area contributed by atoms with Crippen molar-refractivity contribution >= 4 is 27.3 Å². The molecule has 0 spiro atoms. The van der Waals surface area contributed by atoms with Crippen LogP contribution in [0.5, 0.6) is 11.5 Å². The Morgan fingerprint density at radius 1 is 1.05 bits per heavy atom. The summed E-state index contributed by atoms with van der Waals surface area (Å²) in [6.07, 6.45) is -5.02. The van der Waals surface area contributed by atoms with Gasteiger partial charge in [0.25, 0.3) is 10.0 Å². The number of halogens is 4. The molecule has 3 aromatic carbocycles. The van der Waals surface area contributed by atoms with Crippen LogP contribution in [0.4, 0.5) is 18.9 Å². The number of nitriles is 1. The third-order valence-electron chi connectivity index (χ3n) is 5.65. The summed E-state index contributed by atoms with van der Waals surface area (Å²) in [4.78, 5) is 7.16. The highest BCUT2D eigenvalue weighted by Crippen LogP contribution is 2.45. The summed E-state index contributed by atoms with van der Waals surface area (Å²) < 4.78 is 76.8. The van der Waals surface area contributed by atoms with Crippen LogP contribution in [-0.4, -0.2) is 39.6 Å². The van der Waals surface area contributed by atoms with Gasteiger partial charge in [0.1, 0.15) is 34.7 Å². The summed E-state index contributed by atoms with van der Waals surface area (Å²) in [7, 11) is -2.91. The highest BCUT2D eigenvalue weighted by molar-refractivity contribution is 7.92. The highest BCUT2D eigenvalue weighted by Gasteiger charge is 2.43. The van der Waals surface area contributed by atoms with Crippen LogP contribution in [0.1, 0.15) is 17.5 Å². The molecule has 1 heterocycles. The van der Waals surface area contributed by atoms with E-state index in [9.17, 15) is 26.9 Å². The number of anilines is 1. The van der Waals surface area contributed by atoms with Crippen LogP contribution in [0.2, 0.25) is 5.02 Å². The summed E-state index contributed by atoms with van der Waals surface area (Å²) in [5.41, 5.74) is -2.40. The van der Waals surface area contributed by atoms with Gasteiger partial charge in [-0.25, -0.2) is 0 Å². The van der Waals surface area contributed by atoms with E-state index in [0.29, 0.717) is 19.5 Å². The third kappa shape index (κ3) is 5.61. The van der Waals surface area contributed by atoms with Crippen LogP contribution >= 0.6 is 11.6 Å². The zero-order chi connectivity index (χ0) is 26.8. The number of benzene rings is 3. The lowest BCUT2D eigenvalue weighted by Crippen LogP contribution is -2.36. The minimum Gasteiger partial charge on any atom is -0.488 e. The maximum Gasteiger partial charge on any atom is 0.422 e. The molecule has 1 saturated heterocycles. The average molecular weight is 552 g/mol. The fourth-order valence-electron chi connectivity index (χ4n) is 3.92. The quantitative estimate of drug-likeness (QED) is 0.361. The van der Waals surface area contributed by atoms with Gasteiger partial charge >= 0.3 is 6.18 Å². The molecule has 1 atom stereocenters. The number of rotatable bonds is 7. The molecule has 0 aromatic heterocycles. The SMILES string of the molecule is CN1CC[C@@H](Oc2cccc(N(Oc3cccc(Cl)c3C#N)S(=O)(=O)c3ccccc3)c2C(F)(F)F)C1. The standard InChI is InChI=1S/C25H21ClF3N3O4S/c1-31-14-13-17(16-31)35-23-12-6-10-21(24(23)25(27,28)29)32(37(33,34)18-7-3-2-4-8-18)36-22-11-5-9-20(26)19(22)15-30/h2-12,17H,13-14,16H2,1H3/t17-/m1/s1. The van der Waals surface area contributed by atoms with Gasteiger partial charge in [-0.3, -0.25) is 0 Å². The van der Waals surface area contributed by atoms with E-state index in [4.69, 9.17) is 21.2 Å². The third-order valence-corrected chi connectivity index (χ3v) is 7.54. The predicted molar refractivity (Wildman–Crippen MR) is 131 cm³/mol. The predicted octanol–water partition coefficient (Wildman–Crippen LogP) is 5.50. The Bertz CT molecular complexity index is 1430. The van der Waals surface area contributed by atoms with Crippen molar-refractivity contribution in [3.05, 3.63) is 82.9 Å². The molecular weight excluding hydrogens is 531 g/mol. The Hall–Kier alpha value is -3.46. The summed E-state index contributed by atoms with van der Waals surface area (Å²) in [6.45, 7) is 1.06. The van der Waals surface area contributed by atoms with Gasteiger partial charge in [0.15, 0.2) is 5.75 Å². The molecule has 0 N–H and O–H groups in total. The second-order valence-electron chi connectivity index (χ2n) is 8.30. The van der Waals surface area contributed by atoms with Crippen LogP contribution in [0, 0.1) is 11.3 Å². The summed E-state index contributed by atoms with van der Waals surface area (Å²) >= 11 is 6.05. The van der Waals surface area contributed by atoms with Gasteiger partial charge < -0.3 is 14.5 Å². The van der Waals surface area contributed by atoms with E-state index >= 15 is 0 Å². The smallest absolute Gasteiger partial charge is 0.422 e. The first-order chi connectivity index (χ1) is 17.5. The molecular formula is C25H21ClF3N3O4S. The van der Waals surface area contributed by atoms with Gasteiger partial charge in [-0.1, -0.05) is 46.4 Å². The van der Waals surface area contributed by atoms with E-state index < -0.39 is 39.3 Å². The van der Waals surface area contributed by atoms with Crippen molar-refractivity contribution in [2.24, 2.45) is 0 Å². The number of sulfonamides is 1. The summed E-state index contributed by atoms with van der Waals surface area (Å²) in [5, 5.41) is 9.47. The molecule has 3 aromatic rings. The van der Waals surface area contributed by atoms with Crippen molar-refractivity contribution in [2.45, 2.75) is 23.6 Å². The molecule has 0 amide bonds. The molecule has 4 rings (SSSR count). The topological polar surface area (TPSA) is 82.9 Å². The zero-order valence-electron chi connectivity index (χ0n) is 19.4. The van der Waals surface area contributed by atoms with Gasteiger partial charge in [0, 0.05) is 13.1 Å². The average Bonchev–Trinajstić information content (AvgIpc) is 3.26. The highest BCUT2D eigenvalue weighted by atomic mass is 35.5. The monoisotopic (exact) mass is 551 g/mol. The second kappa shape index (κ2) is 10.5. The largest absolute Gasteiger partial charge is 0.488 e. The maximum absolute atomic E-state index is 14.5. The molecule has 1 fully saturated rings. The van der Waals surface area contributed by atoms with E-state index in [1.165, 1.54) is 48.5 Å². The Labute approximate surface area is 217 Å². The van der Waals surface area contributed by atoms with Gasteiger partial charge in [0.05, 0.1) is 9.92 Å². The summed E-state index contributed by atoms with van der Waals surface area (Å²) in [6, 6.07) is 16.0. The number of hydrogen-bond acceptors (Lipinski definition) is 6. The molecule has 1 aliphatic heterocycles. The van der Waals surface area contributed by atoms with E-state index in [2.05, 4.69) is 0 Å². The molecule has 37 heavy (non-hydrogen) atoms. The van der Waals surface area contributed by atoms with Crippen molar-refractivity contribution in [1.29, 1.82) is 5.26 Å². The van der Waals surface area contributed by atoms with Crippen LogP contribution < -0.4 is 14.0 Å². The molecule has 7 nitrogen and oxygen atoms in total. The van der Waals surface area contributed by atoms with Gasteiger partial charge in [0.2, 0.25) is 0 Å². The van der Waals surface area contributed by atoms with E-state index in [0.717, 1.165) is 12.1 Å². The van der Waals surface area contributed by atoms with Crippen LogP contribution in [0.3, 0.4) is 0 Å². The first-order valence-electron chi connectivity index (χ1n) is 11.0. The first kappa shape index (κ1) is 26.6. The number of alkyl halides is 3. The number of ether oxygens (including phenoxy) is 1. The zero-order valence-corrected chi connectivity index (χ0v) is 21.0. The second-order valence-corrected chi connectivity index (χ2v) is 10.5. The molecule has 0 bridgehead atoms. The Balaban J connectivity index is 1.91. The van der Waals surface area contributed by atoms with E-state index in [-0.39, 0.29) is 25.7 Å². The van der Waals surface area contributed by atoms with Crippen LogP contribution in [0.15, 0.2) is 71.6 Å². The Morgan fingerprint density at radius 2 is 1.73 bits per heavy atom. The number of nitrogens with zero attached hydrogens (tertiary/aromatic N) is 3. The first-order valence-corrected chi connectivity index (χ1v) is 12.9. The fraction of sp³-hybridized carbons (Fsp3) is 0.240. The van der Waals surface area contributed by atoms with Crippen molar-refractivity contribution < 1.29 is 31.2 Å². The van der Waals surface area contributed by atoms with Crippen molar-refractivity contribution in [3.63, 3.8) is 0 Å². The molecule has 0 unspecified atom stereocenters. The molecule has 1 aliphatic rings. The van der Waals surface area contributed by atoms with Crippen LogP contribution in [-0.2, 0) is 16.2 Å². The molecule has 12 heteroatoms. The maximum atomic E-state index is 14.5. The van der Waals surface area contributed by atoms with Gasteiger partial charge in [-0.05, 0) is 49.9 Å². The lowest BCUT2D eigenvalue weighted by molar-refractivity contribution is -0.138. The Kier molecular flexibility index (Phi) is 7.54. The van der Waals surface area contributed by atoms with E-state index in [1.54, 1.807) is 12.1 Å². The molecule has 0 radical (unpaired) electrons. The molecule has 0 aliphatic carbocycles. The minimum atomic E-state index is -5.02. The normalized spacial score (nSPS) is 16.3. The summed E-state index contributed by atoms with van der Waals surface area (Å²) in [5.74, 6) is -0.875. The lowest BCUT2D eigenvalue weighted by atomic mass is 10.1. The fourth-order valence-corrected chi connectivity index (χ4v) is 5.41. The molecule has 194 valence electrons. The Morgan fingerprint density at radius 3 is 2.35 bits per heavy atom. The van der Waals surface area contributed by atoms with Crippen molar-refractivity contribution in [1.82, 2.24) is 4.90 Å². The van der Waals surface area contributed by atoms with Crippen molar-refractivity contribution in [2.75, 3.05) is 24.6 Å². The minimum absolute atomic E-state index is 0.0597. The lowest BCUT2D eigenvalue weighted by Gasteiger charge is -2.28. The number of hydrogen-bond donors (Lipinski definition) is 0. The van der Waals surface area contributed by atoms with Gasteiger partial charge in [-0.2, -0.15) is 26.9 Å². The van der Waals surface area contributed by atoms with Crippen molar-refractivity contribution in [3.8, 4) is 17.6 Å². The van der Waals surface area contributed by atoms with Gasteiger partial charge in [-0.15, -0.1) is 0 Å². The molecule has 0 saturated carbocycles. The van der Waals surface area contributed by atoms with E-state index in [1.807, 2.05) is 11.9 Å². The van der Waals surface area contributed by atoms with Crippen LogP contribution in [0.25, 0.3) is 0 Å². The number of likely N-dealkylation sites (N-methyl/N-ethyl adjacent to an activating group) is 1.